The average Bonchev–Trinajstić information content (AvgIpc) is 2.37. The highest BCUT2D eigenvalue weighted by Crippen LogP contribution is 2.21. The highest BCUT2D eigenvalue weighted by molar-refractivity contribution is 9.10. The van der Waals surface area contributed by atoms with Gasteiger partial charge < -0.3 is 10.1 Å². The Bertz CT molecular complexity index is 433. The van der Waals surface area contributed by atoms with E-state index in [2.05, 4.69) is 21.2 Å². The highest BCUT2D eigenvalue weighted by atomic mass is 79.9. The Morgan fingerprint density at radius 1 is 1.56 bits per heavy atom. The summed E-state index contributed by atoms with van der Waals surface area (Å²) in [6.45, 7) is 2.24. The predicted molar refractivity (Wildman–Crippen MR) is 75.0 cm³/mol. The molecule has 0 radical (unpaired) electrons. The maximum atomic E-state index is 12.0. The van der Waals surface area contributed by atoms with Crippen molar-refractivity contribution in [2.75, 3.05) is 19.8 Å². The minimum atomic E-state index is -0.0795. The molecule has 0 saturated carbocycles. The molecule has 3 nitrogen and oxygen atoms in total. The topological polar surface area (TPSA) is 38.3 Å². The van der Waals surface area contributed by atoms with Crippen molar-refractivity contribution in [2.45, 2.75) is 12.8 Å². The van der Waals surface area contributed by atoms with E-state index in [1.807, 2.05) is 0 Å². The largest absolute Gasteiger partial charge is 0.381 e. The van der Waals surface area contributed by atoms with Crippen LogP contribution >= 0.6 is 27.5 Å². The molecule has 1 atom stereocenters. The van der Waals surface area contributed by atoms with Gasteiger partial charge in [-0.25, -0.2) is 0 Å². The van der Waals surface area contributed by atoms with E-state index in [-0.39, 0.29) is 5.91 Å². The van der Waals surface area contributed by atoms with Gasteiger partial charge in [0.15, 0.2) is 0 Å². The van der Waals surface area contributed by atoms with Crippen molar-refractivity contribution >= 4 is 33.4 Å². The molecular formula is C13H15BrClNO2. The zero-order valence-corrected chi connectivity index (χ0v) is 12.3. The van der Waals surface area contributed by atoms with Gasteiger partial charge in [0.1, 0.15) is 0 Å². The second-order valence-electron chi connectivity index (χ2n) is 4.42. The van der Waals surface area contributed by atoms with Crippen LogP contribution in [0.4, 0.5) is 0 Å². The third-order valence-electron chi connectivity index (χ3n) is 2.98. The Kier molecular flexibility index (Phi) is 5.03. The first-order chi connectivity index (χ1) is 8.66. The van der Waals surface area contributed by atoms with Gasteiger partial charge in [-0.05, 0) is 52.9 Å². The average molecular weight is 333 g/mol. The van der Waals surface area contributed by atoms with Crippen LogP contribution in [0.3, 0.4) is 0 Å². The Morgan fingerprint density at radius 2 is 2.39 bits per heavy atom. The number of carbonyl (C=O) groups excluding carboxylic acids is 1. The third kappa shape index (κ3) is 3.70. The van der Waals surface area contributed by atoms with Gasteiger partial charge in [0, 0.05) is 22.6 Å². The van der Waals surface area contributed by atoms with E-state index in [0.29, 0.717) is 27.5 Å². The summed E-state index contributed by atoms with van der Waals surface area (Å²) >= 11 is 9.19. The lowest BCUT2D eigenvalue weighted by Crippen LogP contribution is -2.33. The first-order valence-electron chi connectivity index (χ1n) is 5.98. The van der Waals surface area contributed by atoms with E-state index in [1.54, 1.807) is 18.2 Å². The fraction of sp³-hybridized carbons (Fsp3) is 0.462. The van der Waals surface area contributed by atoms with Crippen LogP contribution in [0.25, 0.3) is 0 Å². The number of hydrogen-bond donors (Lipinski definition) is 1. The van der Waals surface area contributed by atoms with E-state index in [1.165, 1.54) is 0 Å². The summed E-state index contributed by atoms with van der Waals surface area (Å²) in [6, 6.07) is 5.16. The normalized spacial score (nSPS) is 19.6. The smallest absolute Gasteiger partial charge is 0.252 e. The number of rotatable bonds is 3. The summed E-state index contributed by atoms with van der Waals surface area (Å²) in [4.78, 5) is 12.0. The van der Waals surface area contributed by atoms with Gasteiger partial charge in [-0.3, -0.25) is 4.79 Å². The first kappa shape index (κ1) is 13.8. The molecule has 1 aromatic rings. The van der Waals surface area contributed by atoms with Crippen LogP contribution in [0.2, 0.25) is 5.02 Å². The maximum Gasteiger partial charge on any atom is 0.252 e. The number of hydrogen-bond acceptors (Lipinski definition) is 2. The number of carbonyl (C=O) groups is 1. The van der Waals surface area contributed by atoms with E-state index in [4.69, 9.17) is 16.3 Å². The number of halogens is 2. The van der Waals surface area contributed by atoms with Crippen molar-refractivity contribution in [1.29, 1.82) is 0 Å². The second kappa shape index (κ2) is 6.55. The summed E-state index contributed by atoms with van der Waals surface area (Å²) in [7, 11) is 0. The lowest BCUT2D eigenvalue weighted by molar-refractivity contribution is 0.0536. The summed E-state index contributed by atoms with van der Waals surface area (Å²) in [5, 5.41) is 3.55. The third-order valence-corrected chi connectivity index (χ3v) is 3.87. The Labute approximate surface area is 120 Å². The van der Waals surface area contributed by atoms with E-state index in [9.17, 15) is 4.79 Å². The number of ether oxygens (including phenoxy) is 1. The highest BCUT2D eigenvalue weighted by Gasteiger charge is 2.16. The molecule has 1 unspecified atom stereocenters. The molecular weight excluding hydrogens is 318 g/mol. The van der Waals surface area contributed by atoms with Crippen LogP contribution in [0, 0.1) is 5.92 Å². The van der Waals surface area contributed by atoms with Crippen molar-refractivity contribution in [3.8, 4) is 0 Å². The fourth-order valence-electron chi connectivity index (χ4n) is 1.97. The molecule has 5 heteroatoms. The number of benzene rings is 1. The van der Waals surface area contributed by atoms with Crippen molar-refractivity contribution in [3.63, 3.8) is 0 Å². The Hall–Kier alpha value is -0.580. The van der Waals surface area contributed by atoms with Gasteiger partial charge in [0.2, 0.25) is 0 Å². The van der Waals surface area contributed by atoms with Crippen molar-refractivity contribution in [3.05, 3.63) is 33.3 Å². The van der Waals surface area contributed by atoms with Gasteiger partial charge in [0.05, 0.1) is 12.2 Å². The monoisotopic (exact) mass is 331 g/mol. The molecule has 1 heterocycles. The van der Waals surface area contributed by atoms with Gasteiger partial charge in [-0.2, -0.15) is 0 Å². The summed E-state index contributed by atoms with van der Waals surface area (Å²) < 4.78 is 6.10. The first-order valence-corrected chi connectivity index (χ1v) is 7.15. The van der Waals surface area contributed by atoms with Crippen LogP contribution in [0.15, 0.2) is 22.7 Å². The summed E-state index contributed by atoms with van der Waals surface area (Å²) in [6.07, 6.45) is 2.19. The minimum Gasteiger partial charge on any atom is -0.381 e. The maximum absolute atomic E-state index is 12.0. The van der Waals surface area contributed by atoms with Gasteiger partial charge in [-0.1, -0.05) is 11.6 Å². The number of nitrogens with one attached hydrogen (secondary N) is 1. The Morgan fingerprint density at radius 3 is 3.06 bits per heavy atom. The van der Waals surface area contributed by atoms with Gasteiger partial charge in [-0.15, -0.1) is 0 Å². The van der Waals surface area contributed by atoms with Crippen molar-refractivity contribution in [2.24, 2.45) is 5.92 Å². The lowest BCUT2D eigenvalue weighted by atomic mass is 10.0. The molecule has 1 saturated heterocycles. The molecule has 0 aromatic heterocycles. The standard InChI is InChI=1S/C13H15BrClNO2/c14-12-6-10(15)3-4-11(12)13(17)16-7-9-2-1-5-18-8-9/h3-4,6,9H,1-2,5,7-8H2,(H,16,17). The molecule has 0 aliphatic carbocycles. The Balaban J connectivity index is 1.90. The molecule has 1 amide bonds. The van der Waals surface area contributed by atoms with Crippen LogP contribution < -0.4 is 5.32 Å². The molecule has 1 N–H and O–H groups in total. The SMILES string of the molecule is O=C(NCC1CCCOC1)c1ccc(Cl)cc1Br. The molecule has 2 rings (SSSR count). The van der Waals surface area contributed by atoms with Crippen LogP contribution in [0.5, 0.6) is 0 Å². The molecule has 98 valence electrons. The quantitative estimate of drug-likeness (QED) is 0.922. The zero-order chi connectivity index (χ0) is 13.0. The van der Waals surface area contributed by atoms with Gasteiger partial charge in [0.25, 0.3) is 5.91 Å². The zero-order valence-electron chi connectivity index (χ0n) is 9.92. The van der Waals surface area contributed by atoms with E-state index >= 15 is 0 Å². The van der Waals surface area contributed by atoms with E-state index < -0.39 is 0 Å². The molecule has 1 aliphatic rings. The van der Waals surface area contributed by atoms with E-state index in [0.717, 1.165) is 26.1 Å². The molecule has 0 bridgehead atoms. The second-order valence-corrected chi connectivity index (χ2v) is 5.71. The summed E-state index contributed by atoms with van der Waals surface area (Å²) in [5.74, 6) is 0.345. The molecule has 18 heavy (non-hydrogen) atoms. The van der Waals surface area contributed by atoms with Crippen molar-refractivity contribution in [1.82, 2.24) is 5.32 Å². The van der Waals surface area contributed by atoms with Crippen LogP contribution in [-0.2, 0) is 4.74 Å². The van der Waals surface area contributed by atoms with Crippen LogP contribution in [0.1, 0.15) is 23.2 Å². The predicted octanol–water partition coefficient (Wildman–Crippen LogP) is 3.26. The minimum absolute atomic E-state index is 0.0795. The van der Waals surface area contributed by atoms with Crippen LogP contribution in [-0.4, -0.2) is 25.7 Å². The molecule has 1 aliphatic heterocycles. The lowest BCUT2D eigenvalue weighted by Gasteiger charge is -2.22. The molecule has 1 aromatic carbocycles. The molecule has 1 fully saturated rings. The van der Waals surface area contributed by atoms with Crippen molar-refractivity contribution < 1.29 is 9.53 Å². The molecule has 0 spiro atoms. The summed E-state index contributed by atoms with van der Waals surface area (Å²) in [5.41, 5.74) is 0.608. The fourth-order valence-corrected chi connectivity index (χ4v) is 2.84. The number of amides is 1. The van der Waals surface area contributed by atoms with Gasteiger partial charge >= 0.3 is 0 Å².